The van der Waals surface area contributed by atoms with Crippen LogP contribution in [-0.4, -0.2) is 60.1 Å². The van der Waals surface area contributed by atoms with Gasteiger partial charge in [0, 0.05) is 18.7 Å². The van der Waals surface area contributed by atoms with Crippen molar-refractivity contribution in [1.82, 2.24) is 30.9 Å². The molecule has 2 heterocycles. The van der Waals surface area contributed by atoms with Gasteiger partial charge in [0.2, 0.25) is 0 Å². The molecule has 2 amide bonds. The Morgan fingerprint density at radius 1 is 1.14 bits per heavy atom. The van der Waals surface area contributed by atoms with Crippen molar-refractivity contribution in [3.05, 3.63) is 41.2 Å². The maximum atomic E-state index is 12.4. The molecule has 9 nitrogen and oxygen atoms in total. The highest BCUT2D eigenvalue weighted by atomic mass is 35.5. The second-order valence-corrected chi connectivity index (χ2v) is 6.69. The Balaban J connectivity index is 0.00000300. The molecular weight excluding hydrogens is 396 g/mol. The molecule has 0 radical (unpaired) electrons. The van der Waals surface area contributed by atoms with Crippen LogP contribution in [0.2, 0.25) is 0 Å². The van der Waals surface area contributed by atoms with Crippen molar-refractivity contribution in [2.24, 2.45) is 0 Å². The van der Waals surface area contributed by atoms with Crippen LogP contribution < -0.4 is 20.7 Å². The topological polar surface area (TPSA) is 110 Å². The molecule has 10 heteroatoms. The van der Waals surface area contributed by atoms with E-state index in [1.54, 1.807) is 31.4 Å². The Kier molecular flexibility index (Phi) is 8.41. The summed E-state index contributed by atoms with van der Waals surface area (Å²) in [6.07, 6.45) is 1.95. The molecule has 0 saturated carbocycles. The Morgan fingerprint density at radius 3 is 2.38 bits per heavy atom. The van der Waals surface area contributed by atoms with Crippen LogP contribution >= 0.6 is 12.4 Å². The van der Waals surface area contributed by atoms with E-state index in [1.165, 1.54) is 0 Å². The van der Waals surface area contributed by atoms with Gasteiger partial charge < -0.3 is 20.7 Å². The molecule has 1 aromatic carbocycles. The quantitative estimate of drug-likeness (QED) is 0.576. The predicted octanol–water partition coefficient (Wildman–Crippen LogP) is 1.10. The number of aromatic nitrogens is 3. The van der Waals surface area contributed by atoms with E-state index in [1.807, 2.05) is 11.6 Å². The van der Waals surface area contributed by atoms with Gasteiger partial charge >= 0.3 is 0 Å². The van der Waals surface area contributed by atoms with Gasteiger partial charge in [-0.25, -0.2) is 4.68 Å². The van der Waals surface area contributed by atoms with E-state index in [0.29, 0.717) is 30.1 Å². The molecule has 1 fully saturated rings. The lowest BCUT2D eigenvalue weighted by atomic mass is 10.1. The number of ether oxygens (including phenoxy) is 1. The molecule has 0 aliphatic carbocycles. The first-order valence-corrected chi connectivity index (χ1v) is 9.43. The maximum Gasteiger partial charge on any atom is 0.273 e. The van der Waals surface area contributed by atoms with Crippen LogP contribution in [0.4, 0.5) is 0 Å². The number of piperidine rings is 1. The van der Waals surface area contributed by atoms with E-state index in [-0.39, 0.29) is 30.3 Å². The first kappa shape index (κ1) is 22.6. The highest BCUT2D eigenvalue weighted by Gasteiger charge is 2.22. The van der Waals surface area contributed by atoms with Crippen LogP contribution in [0.1, 0.15) is 45.4 Å². The number of benzene rings is 1. The molecular formula is C19H27ClN6O3. The van der Waals surface area contributed by atoms with Crippen molar-refractivity contribution < 1.29 is 14.3 Å². The largest absolute Gasteiger partial charge is 0.497 e. The Labute approximate surface area is 176 Å². The van der Waals surface area contributed by atoms with Gasteiger partial charge in [-0.15, -0.1) is 17.5 Å². The average molecular weight is 423 g/mol. The summed E-state index contributed by atoms with van der Waals surface area (Å²) in [5.41, 5.74) is 1.64. The summed E-state index contributed by atoms with van der Waals surface area (Å²) in [5.74, 6) is 0.207. The molecule has 1 aliphatic rings. The van der Waals surface area contributed by atoms with E-state index < -0.39 is 0 Å². The second kappa shape index (κ2) is 10.8. The van der Waals surface area contributed by atoms with Gasteiger partial charge in [0.15, 0.2) is 5.69 Å². The van der Waals surface area contributed by atoms with Crippen LogP contribution in [0.3, 0.4) is 0 Å². The van der Waals surface area contributed by atoms with Gasteiger partial charge in [0.1, 0.15) is 5.75 Å². The minimum Gasteiger partial charge on any atom is -0.497 e. The zero-order chi connectivity index (χ0) is 19.9. The molecule has 1 aliphatic heterocycles. The lowest BCUT2D eigenvalue weighted by Crippen LogP contribution is -2.35. The highest BCUT2D eigenvalue weighted by Crippen LogP contribution is 2.20. The minimum absolute atomic E-state index is 0. The Hall–Kier alpha value is -2.65. The van der Waals surface area contributed by atoms with Gasteiger partial charge in [-0.05, 0) is 57.1 Å². The molecule has 2 aromatic rings. The number of carbonyl (C=O) groups is 2. The molecule has 0 bridgehead atoms. The first-order valence-electron chi connectivity index (χ1n) is 9.43. The molecule has 3 N–H and O–H groups in total. The molecule has 1 aromatic heterocycles. The van der Waals surface area contributed by atoms with Gasteiger partial charge in [-0.1, -0.05) is 5.21 Å². The average Bonchev–Trinajstić information content (AvgIpc) is 3.13. The number of methoxy groups -OCH3 is 1. The third-order valence-corrected chi connectivity index (χ3v) is 4.85. The summed E-state index contributed by atoms with van der Waals surface area (Å²) < 4.78 is 6.92. The summed E-state index contributed by atoms with van der Waals surface area (Å²) in [7, 11) is 1.57. The summed E-state index contributed by atoms with van der Waals surface area (Å²) in [6, 6.07) is 7.11. The van der Waals surface area contributed by atoms with Gasteiger partial charge in [0.05, 0.1) is 18.8 Å². The van der Waals surface area contributed by atoms with Gasteiger partial charge in [-0.3, -0.25) is 9.59 Å². The van der Waals surface area contributed by atoms with Gasteiger partial charge in [-0.2, -0.15) is 0 Å². The fourth-order valence-corrected chi connectivity index (χ4v) is 3.23. The number of amides is 2. The van der Waals surface area contributed by atoms with E-state index in [0.717, 1.165) is 31.6 Å². The predicted molar refractivity (Wildman–Crippen MR) is 111 cm³/mol. The van der Waals surface area contributed by atoms with Crippen molar-refractivity contribution in [3.63, 3.8) is 0 Å². The van der Waals surface area contributed by atoms with Crippen LogP contribution in [0.25, 0.3) is 0 Å². The fraction of sp³-hybridized carbons (Fsp3) is 0.474. The Morgan fingerprint density at radius 2 is 1.76 bits per heavy atom. The molecule has 3 rings (SSSR count). The van der Waals surface area contributed by atoms with Gasteiger partial charge in [0.25, 0.3) is 11.8 Å². The molecule has 29 heavy (non-hydrogen) atoms. The van der Waals surface area contributed by atoms with Crippen LogP contribution in [0.15, 0.2) is 24.3 Å². The number of carbonyl (C=O) groups excluding carboxylic acids is 2. The van der Waals surface area contributed by atoms with E-state index in [4.69, 9.17) is 4.74 Å². The number of nitrogens with zero attached hydrogens (tertiary/aromatic N) is 3. The number of nitrogens with one attached hydrogen (secondary N) is 3. The normalized spacial score (nSPS) is 14.0. The minimum atomic E-state index is -0.281. The lowest BCUT2D eigenvalue weighted by Gasteiger charge is -2.23. The first-order chi connectivity index (χ1) is 13.6. The monoisotopic (exact) mass is 422 g/mol. The molecule has 158 valence electrons. The van der Waals surface area contributed by atoms with Crippen molar-refractivity contribution in [2.45, 2.75) is 25.8 Å². The number of hydrogen-bond acceptors (Lipinski definition) is 6. The number of halogens is 1. The van der Waals surface area contributed by atoms with Crippen molar-refractivity contribution in [1.29, 1.82) is 0 Å². The molecule has 1 saturated heterocycles. The third-order valence-electron chi connectivity index (χ3n) is 4.85. The van der Waals surface area contributed by atoms with Crippen LogP contribution in [0.5, 0.6) is 5.75 Å². The summed E-state index contributed by atoms with van der Waals surface area (Å²) in [5, 5.41) is 17.1. The Bertz CT molecular complexity index is 818. The zero-order valence-electron chi connectivity index (χ0n) is 16.6. The van der Waals surface area contributed by atoms with Crippen molar-refractivity contribution in [3.8, 4) is 5.75 Å². The molecule has 0 unspecified atom stereocenters. The standard InChI is InChI=1S/C19H26N6O3.ClH/c1-13-17(23-24-25(13)15-7-9-20-10-8-15)19(27)22-12-11-21-18(26)14-3-5-16(28-2)6-4-14;/h3-6,15,20H,7-12H2,1-2H3,(H,21,26)(H,22,27);1H. The molecule has 0 spiro atoms. The smallest absolute Gasteiger partial charge is 0.273 e. The lowest BCUT2D eigenvalue weighted by molar-refractivity contribution is 0.0924. The number of hydrogen-bond donors (Lipinski definition) is 3. The number of rotatable bonds is 7. The highest BCUT2D eigenvalue weighted by molar-refractivity contribution is 5.94. The third kappa shape index (κ3) is 5.68. The van der Waals surface area contributed by atoms with Crippen LogP contribution in [0, 0.1) is 6.92 Å². The summed E-state index contributed by atoms with van der Waals surface area (Å²) in [4.78, 5) is 24.5. The molecule has 0 atom stereocenters. The fourth-order valence-electron chi connectivity index (χ4n) is 3.23. The van der Waals surface area contributed by atoms with E-state index >= 15 is 0 Å². The summed E-state index contributed by atoms with van der Waals surface area (Å²) in [6.45, 7) is 4.37. The van der Waals surface area contributed by atoms with E-state index in [2.05, 4.69) is 26.3 Å². The SMILES string of the molecule is COc1ccc(C(=O)NCCNC(=O)c2nnn(C3CCNCC3)c2C)cc1.Cl. The second-order valence-electron chi connectivity index (χ2n) is 6.69. The van der Waals surface area contributed by atoms with Crippen LogP contribution in [-0.2, 0) is 0 Å². The maximum absolute atomic E-state index is 12.4. The van der Waals surface area contributed by atoms with E-state index in [9.17, 15) is 9.59 Å². The van der Waals surface area contributed by atoms with Crippen molar-refractivity contribution in [2.75, 3.05) is 33.3 Å². The van der Waals surface area contributed by atoms with Crippen molar-refractivity contribution >= 4 is 24.2 Å². The zero-order valence-corrected chi connectivity index (χ0v) is 17.4. The summed E-state index contributed by atoms with van der Waals surface area (Å²) >= 11 is 0.